The van der Waals surface area contributed by atoms with Crippen LogP contribution in [0.1, 0.15) is 36.5 Å². The van der Waals surface area contributed by atoms with Crippen molar-refractivity contribution in [1.82, 2.24) is 9.97 Å². The van der Waals surface area contributed by atoms with Crippen LogP contribution in [0.3, 0.4) is 0 Å². The summed E-state index contributed by atoms with van der Waals surface area (Å²) in [5.41, 5.74) is 5.24. The number of hydrogen-bond donors (Lipinski definition) is 2. The summed E-state index contributed by atoms with van der Waals surface area (Å²) in [6.45, 7) is 2.17. The van der Waals surface area contributed by atoms with Gasteiger partial charge < -0.3 is 10.6 Å². The van der Waals surface area contributed by atoms with Gasteiger partial charge in [0.05, 0.1) is 0 Å². The zero-order chi connectivity index (χ0) is 14.7. The molecule has 1 aromatic carbocycles. The molecule has 0 amide bonds. The lowest BCUT2D eigenvalue weighted by molar-refractivity contribution is 0.905. The fraction of sp³-hybridized carbons (Fsp3) is 0.412. The topological polar surface area (TPSA) is 49.8 Å². The van der Waals surface area contributed by atoms with Gasteiger partial charge in [-0.2, -0.15) is 0 Å². The minimum Gasteiger partial charge on any atom is -0.373 e. The number of anilines is 3. The first kappa shape index (κ1) is 13.9. The van der Waals surface area contributed by atoms with E-state index in [9.17, 15) is 0 Å². The number of nitrogens with one attached hydrogen (secondary N) is 2. The van der Waals surface area contributed by atoms with E-state index in [2.05, 4.69) is 45.7 Å². The second-order valence-electron chi connectivity index (χ2n) is 5.51. The van der Waals surface area contributed by atoms with E-state index in [0.29, 0.717) is 0 Å². The minimum atomic E-state index is 0.911. The Morgan fingerprint density at radius 2 is 1.90 bits per heavy atom. The van der Waals surface area contributed by atoms with Gasteiger partial charge in [-0.3, -0.25) is 0 Å². The summed E-state index contributed by atoms with van der Waals surface area (Å²) < 4.78 is 0. The number of aromatic nitrogens is 2. The summed E-state index contributed by atoms with van der Waals surface area (Å²) in [4.78, 5) is 8.75. The third kappa shape index (κ3) is 2.84. The third-order valence-electron chi connectivity index (χ3n) is 4.04. The summed E-state index contributed by atoms with van der Waals surface area (Å²) in [5, 5.41) is 6.63. The molecule has 1 heterocycles. The Kier molecular flexibility index (Phi) is 4.04. The molecule has 110 valence electrons. The number of benzene rings is 1. The summed E-state index contributed by atoms with van der Waals surface area (Å²) in [7, 11) is 1.90. The third-order valence-corrected chi connectivity index (χ3v) is 4.04. The predicted octanol–water partition coefficient (Wildman–Crippen LogP) is 3.70. The zero-order valence-electron chi connectivity index (χ0n) is 12.7. The van der Waals surface area contributed by atoms with Crippen molar-refractivity contribution in [2.24, 2.45) is 0 Å². The van der Waals surface area contributed by atoms with E-state index in [1.807, 2.05) is 7.05 Å². The molecule has 4 heteroatoms. The summed E-state index contributed by atoms with van der Waals surface area (Å²) in [5.74, 6) is 1.82. The number of hydrogen-bond acceptors (Lipinski definition) is 4. The van der Waals surface area contributed by atoms with Gasteiger partial charge in [-0.15, -0.1) is 0 Å². The molecule has 0 aliphatic heterocycles. The maximum Gasteiger partial charge on any atom is 0.139 e. The Morgan fingerprint density at radius 1 is 1.10 bits per heavy atom. The van der Waals surface area contributed by atoms with E-state index >= 15 is 0 Å². The average molecular weight is 282 g/mol. The summed E-state index contributed by atoms with van der Waals surface area (Å²) in [6.07, 6.45) is 7.33. The summed E-state index contributed by atoms with van der Waals surface area (Å²) in [6, 6.07) is 6.66. The van der Waals surface area contributed by atoms with Crippen LogP contribution in [0, 0.1) is 0 Å². The van der Waals surface area contributed by atoms with Gasteiger partial charge in [0.2, 0.25) is 0 Å². The molecule has 0 saturated heterocycles. The fourth-order valence-corrected chi connectivity index (χ4v) is 3.01. The van der Waals surface area contributed by atoms with Crippen molar-refractivity contribution >= 4 is 17.3 Å². The van der Waals surface area contributed by atoms with E-state index in [4.69, 9.17) is 0 Å². The van der Waals surface area contributed by atoms with Gasteiger partial charge in [-0.05, 0) is 48.9 Å². The lowest BCUT2D eigenvalue weighted by atomic mass is 10.1. The molecular weight excluding hydrogens is 260 g/mol. The lowest BCUT2D eigenvalue weighted by Crippen LogP contribution is -2.05. The molecule has 21 heavy (non-hydrogen) atoms. The fourth-order valence-electron chi connectivity index (χ4n) is 3.01. The van der Waals surface area contributed by atoms with Crippen molar-refractivity contribution in [3.05, 3.63) is 41.2 Å². The monoisotopic (exact) mass is 282 g/mol. The van der Waals surface area contributed by atoms with Gasteiger partial charge in [0.25, 0.3) is 0 Å². The van der Waals surface area contributed by atoms with Crippen molar-refractivity contribution < 1.29 is 0 Å². The second-order valence-corrected chi connectivity index (χ2v) is 5.51. The van der Waals surface area contributed by atoms with E-state index in [1.165, 1.54) is 30.4 Å². The number of rotatable bonds is 5. The normalized spacial score (nSPS) is 13.0. The highest BCUT2D eigenvalue weighted by atomic mass is 15.1. The number of nitrogens with zero attached hydrogens (tertiary/aromatic N) is 2. The molecule has 2 N–H and O–H groups in total. The Morgan fingerprint density at radius 3 is 2.71 bits per heavy atom. The Labute approximate surface area is 126 Å². The van der Waals surface area contributed by atoms with Crippen LogP contribution in [0.4, 0.5) is 17.3 Å². The maximum absolute atomic E-state index is 4.43. The highest BCUT2D eigenvalue weighted by Gasteiger charge is 2.13. The molecule has 2 aromatic rings. The SMILES string of the molecule is CCCc1c(NC)ncnc1Nc1ccc2c(c1)CCC2. The number of fused-ring (bicyclic) bond motifs is 1. The van der Waals surface area contributed by atoms with Gasteiger partial charge in [-0.1, -0.05) is 19.4 Å². The van der Waals surface area contributed by atoms with E-state index in [0.717, 1.165) is 35.7 Å². The van der Waals surface area contributed by atoms with E-state index in [1.54, 1.807) is 6.33 Å². The van der Waals surface area contributed by atoms with Crippen LogP contribution in [-0.4, -0.2) is 17.0 Å². The van der Waals surface area contributed by atoms with E-state index < -0.39 is 0 Å². The Hall–Kier alpha value is -2.10. The quantitative estimate of drug-likeness (QED) is 0.878. The molecular formula is C17H22N4. The number of aryl methyl sites for hydroxylation is 2. The van der Waals surface area contributed by atoms with Crippen molar-refractivity contribution in [3.8, 4) is 0 Å². The second kappa shape index (κ2) is 6.12. The molecule has 1 aliphatic rings. The van der Waals surface area contributed by atoms with Crippen molar-refractivity contribution in [2.75, 3.05) is 17.7 Å². The van der Waals surface area contributed by atoms with Gasteiger partial charge in [0, 0.05) is 18.3 Å². The minimum absolute atomic E-state index is 0.911. The first-order valence-electron chi connectivity index (χ1n) is 7.72. The highest BCUT2D eigenvalue weighted by molar-refractivity contribution is 5.65. The first-order chi connectivity index (χ1) is 10.3. The molecule has 0 fully saturated rings. The van der Waals surface area contributed by atoms with Crippen molar-refractivity contribution in [2.45, 2.75) is 39.0 Å². The zero-order valence-corrected chi connectivity index (χ0v) is 12.7. The maximum atomic E-state index is 4.43. The predicted molar refractivity (Wildman–Crippen MR) is 87.3 cm³/mol. The molecule has 0 unspecified atom stereocenters. The molecule has 0 spiro atoms. The van der Waals surface area contributed by atoms with Gasteiger partial charge in [0.15, 0.2) is 0 Å². The van der Waals surface area contributed by atoms with E-state index in [-0.39, 0.29) is 0 Å². The largest absolute Gasteiger partial charge is 0.373 e. The van der Waals surface area contributed by atoms with Crippen LogP contribution in [0.15, 0.2) is 24.5 Å². The molecule has 0 atom stereocenters. The van der Waals surface area contributed by atoms with Crippen molar-refractivity contribution in [3.63, 3.8) is 0 Å². The molecule has 1 aliphatic carbocycles. The Balaban J connectivity index is 1.90. The smallest absolute Gasteiger partial charge is 0.139 e. The molecule has 0 bridgehead atoms. The first-order valence-corrected chi connectivity index (χ1v) is 7.72. The van der Waals surface area contributed by atoms with Crippen molar-refractivity contribution in [1.29, 1.82) is 0 Å². The van der Waals surface area contributed by atoms with Crippen LogP contribution >= 0.6 is 0 Å². The van der Waals surface area contributed by atoms with Crippen LogP contribution in [0.5, 0.6) is 0 Å². The lowest BCUT2D eigenvalue weighted by Gasteiger charge is -2.14. The van der Waals surface area contributed by atoms with Crippen LogP contribution in [-0.2, 0) is 19.3 Å². The molecule has 3 rings (SSSR count). The van der Waals surface area contributed by atoms with Gasteiger partial charge in [0.1, 0.15) is 18.0 Å². The molecule has 0 radical (unpaired) electrons. The van der Waals surface area contributed by atoms with Gasteiger partial charge >= 0.3 is 0 Å². The standard InChI is InChI=1S/C17H22N4/c1-3-5-15-16(18-2)19-11-20-17(15)21-14-9-8-12-6-4-7-13(12)10-14/h8-11H,3-7H2,1-2H3,(H2,18,19,20,21). The molecule has 0 saturated carbocycles. The highest BCUT2D eigenvalue weighted by Crippen LogP contribution is 2.28. The van der Waals surface area contributed by atoms with Crippen LogP contribution in [0.25, 0.3) is 0 Å². The average Bonchev–Trinajstić information content (AvgIpc) is 2.96. The Bertz CT molecular complexity index is 637. The van der Waals surface area contributed by atoms with Crippen LogP contribution in [0.2, 0.25) is 0 Å². The van der Waals surface area contributed by atoms with Crippen LogP contribution < -0.4 is 10.6 Å². The summed E-state index contributed by atoms with van der Waals surface area (Å²) >= 11 is 0. The molecule has 1 aromatic heterocycles. The molecule has 4 nitrogen and oxygen atoms in total. The van der Waals surface area contributed by atoms with Gasteiger partial charge in [-0.25, -0.2) is 9.97 Å².